The van der Waals surface area contributed by atoms with Gasteiger partial charge in [-0.3, -0.25) is 14.4 Å². The molecule has 3 amide bonds. The molecule has 29 heavy (non-hydrogen) atoms. The van der Waals surface area contributed by atoms with Crippen LogP contribution in [0.4, 0.5) is 11.4 Å². The van der Waals surface area contributed by atoms with Crippen LogP contribution in [0.25, 0.3) is 0 Å². The van der Waals surface area contributed by atoms with Gasteiger partial charge in [0, 0.05) is 18.3 Å². The predicted molar refractivity (Wildman–Crippen MR) is 109 cm³/mol. The zero-order valence-corrected chi connectivity index (χ0v) is 16.8. The van der Waals surface area contributed by atoms with Crippen molar-refractivity contribution < 1.29 is 22.8 Å². The number of carbonyl (C=O) groups excluding carboxylic acids is 3. The lowest BCUT2D eigenvalue weighted by Crippen LogP contribution is -2.40. The van der Waals surface area contributed by atoms with Crippen molar-refractivity contribution in [3.8, 4) is 0 Å². The van der Waals surface area contributed by atoms with E-state index in [0.29, 0.717) is 11.4 Å². The van der Waals surface area contributed by atoms with Crippen molar-refractivity contribution in [1.29, 1.82) is 0 Å². The van der Waals surface area contributed by atoms with Crippen LogP contribution < -0.4 is 20.7 Å². The highest BCUT2D eigenvalue weighted by atomic mass is 32.2. The summed E-state index contributed by atoms with van der Waals surface area (Å²) >= 11 is 0. The van der Waals surface area contributed by atoms with Crippen LogP contribution in [0, 0.1) is 6.92 Å². The van der Waals surface area contributed by atoms with E-state index in [1.165, 1.54) is 19.1 Å². The van der Waals surface area contributed by atoms with Crippen molar-refractivity contribution in [2.24, 2.45) is 0 Å². The minimum absolute atomic E-state index is 0.0488. The van der Waals surface area contributed by atoms with Crippen LogP contribution in [-0.4, -0.2) is 39.2 Å². The van der Waals surface area contributed by atoms with Crippen LogP contribution in [-0.2, 0) is 24.4 Å². The summed E-state index contributed by atoms with van der Waals surface area (Å²) in [5, 5.41) is 7.50. The van der Waals surface area contributed by atoms with Gasteiger partial charge in [-0.15, -0.1) is 0 Å². The molecule has 0 radical (unpaired) electrons. The molecule has 2 aromatic rings. The summed E-state index contributed by atoms with van der Waals surface area (Å²) in [4.78, 5) is 34.9. The fourth-order valence-electron chi connectivity index (χ4n) is 2.29. The van der Waals surface area contributed by atoms with E-state index in [9.17, 15) is 22.8 Å². The average molecular weight is 418 g/mol. The van der Waals surface area contributed by atoms with Gasteiger partial charge in [0.25, 0.3) is 0 Å². The highest BCUT2D eigenvalue weighted by molar-refractivity contribution is 7.89. The Balaban J connectivity index is 1.80. The monoisotopic (exact) mass is 418 g/mol. The summed E-state index contributed by atoms with van der Waals surface area (Å²) in [7, 11) is -3.82. The van der Waals surface area contributed by atoms with Gasteiger partial charge in [0.2, 0.25) is 27.7 Å². The Kier molecular flexibility index (Phi) is 7.46. The number of hydrogen-bond acceptors (Lipinski definition) is 5. The smallest absolute Gasteiger partial charge is 0.243 e. The molecular weight excluding hydrogens is 396 g/mol. The van der Waals surface area contributed by atoms with Gasteiger partial charge in [-0.1, -0.05) is 23.8 Å². The van der Waals surface area contributed by atoms with Crippen LogP contribution in [0.5, 0.6) is 0 Å². The first kappa shape index (κ1) is 22.1. The van der Waals surface area contributed by atoms with Gasteiger partial charge in [-0.05, 0) is 37.3 Å². The summed E-state index contributed by atoms with van der Waals surface area (Å²) in [6.45, 7) is 2.36. The van der Waals surface area contributed by atoms with Gasteiger partial charge in [0.15, 0.2) is 0 Å². The number of amides is 3. The summed E-state index contributed by atoms with van der Waals surface area (Å²) in [5.74, 6) is -1.39. The lowest BCUT2D eigenvalue weighted by Gasteiger charge is -2.10. The molecule has 0 bridgehead atoms. The first-order valence-electron chi connectivity index (χ1n) is 8.66. The highest BCUT2D eigenvalue weighted by Crippen LogP contribution is 2.14. The zero-order valence-electron chi connectivity index (χ0n) is 16.0. The van der Waals surface area contributed by atoms with E-state index in [4.69, 9.17) is 0 Å². The molecular formula is C19H22N4O5S. The van der Waals surface area contributed by atoms with E-state index in [-0.39, 0.29) is 17.3 Å². The lowest BCUT2D eigenvalue weighted by atomic mass is 10.2. The minimum Gasteiger partial charge on any atom is -0.346 e. The van der Waals surface area contributed by atoms with Crippen molar-refractivity contribution in [3.05, 3.63) is 54.1 Å². The first-order valence-corrected chi connectivity index (χ1v) is 10.1. The molecule has 0 aliphatic carbocycles. The van der Waals surface area contributed by atoms with Gasteiger partial charge in [0.1, 0.15) is 0 Å². The highest BCUT2D eigenvalue weighted by Gasteiger charge is 2.15. The third kappa shape index (κ3) is 7.35. The number of nitrogens with one attached hydrogen (secondary N) is 4. The third-order valence-corrected chi connectivity index (χ3v) is 5.08. The number of benzene rings is 2. The number of sulfonamides is 1. The Morgan fingerprint density at radius 3 is 2.10 bits per heavy atom. The van der Waals surface area contributed by atoms with E-state index < -0.39 is 28.4 Å². The van der Waals surface area contributed by atoms with Gasteiger partial charge >= 0.3 is 0 Å². The SMILES string of the molecule is CC(=O)Nc1cccc(NC(=O)CNC(=O)CNS(=O)(=O)c2ccc(C)cc2)c1. The molecule has 0 atom stereocenters. The molecule has 0 saturated carbocycles. The number of aryl methyl sites for hydroxylation is 1. The second-order valence-electron chi connectivity index (χ2n) is 6.22. The number of anilines is 2. The summed E-state index contributed by atoms with van der Waals surface area (Å²) in [5.41, 5.74) is 1.87. The Morgan fingerprint density at radius 1 is 0.862 bits per heavy atom. The predicted octanol–water partition coefficient (Wildman–Crippen LogP) is 0.987. The summed E-state index contributed by atoms with van der Waals surface area (Å²) in [6, 6.07) is 12.7. The Bertz CT molecular complexity index is 1000. The quantitative estimate of drug-likeness (QED) is 0.507. The number of carbonyl (C=O) groups is 3. The van der Waals surface area contributed by atoms with Gasteiger partial charge < -0.3 is 16.0 Å². The molecule has 0 fully saturated rings. The van der Waals surface area contributed by atoms with Crippen molar-refractivity contribution in [2.45, 2.75) is 18.7 Å². The van der Waals surface area contributed by atoms with Crippen LogP contribution in [0.15, 0.2) is 53.4 Å². The van der Waals surface area contributed by atoms with E-state index in [0.717, 1.165) is 5.56 Å². The third-order valence-electron chi connectivity index (χ3n) is 3.67. The van der Waals surface area contributed by atoms with Crippen LogP contribution in [0.3, 0.4) is 0 Å². The fraction of sp³-hybridized carbons (Fsp3) is 0.211. The zero-order chi connectivity index (χ0) is 21.4. The van der Waals surface area contributed by atoms with Gasteiger partial charge in [-0.25, -0.2) is 13.1 Å². The standard InChI is InChI=1S/C19H22N4O5S/c1-13-6-8-17(9-7-13)29(27,28)21-12-18(25)20-11-19(26)23-16-5-3-4-15(10-16)22-14(2)24/h3-10,21H,11-12H2,1-2H3,(H,20,25)(H,22,24)(H,23,26). The number of rotatable bonds is 8. The van der Waals surface area contributed by atoms with Crippen LogP contribution in [0.2, 0.25) is 0 Å². The molecule has 0 spiro atoms. The molecule has 0 unspecified atom stereocenters. The summed E-state index contributed by atoms with van der Waals surface area (Å²) < 4.78 is 26.5. The molecule has 0 aliphatic rings. The van der Waals surface area contributed by atoms with Crippen molar-refractivity contribution in [1.82, 2.24) is 10.0 Å². The fourth-order valence-corrected chi connectivity index (χ4v) is 3.27. The molecule has 9 nitrogen and oxygen atoms in total. The van der Waals surface area contributed by atoms with E-state index in [1.54, 1.807) is 36.4 Å². The normalized spacial score (nSPS) is 10.8. The van der Waals surface area contributed by atoms with Gasteiger partial charge in [0.05, 0.1) is 18.0 Å². The van der Waals surface area contributed by atoms with Crippen LogP contribution >= 0.6 is 0 Å². The molecule has 0 saturated heterocycles. The first-order chi connectivity index (χ1) is 13.7. The Morgan fingerprint density at radius 2 is 1.48 bits per heavy atom. The maximum atomic E-state index is 12.1. The molecule has 154 valence electrons. The van der Waals surface area contributed by atoms with Crippen molar-refractivity contribution in [3.63, 3.8) is 0 Å². The van der Waals surface area contributed by atoms with Crippen molar-refractivity contribution >= 4 is 39.1 Å². The lowest BCUT2D eigenvalue weighted by molar-refractivity contribution is -0.123. The second-order valence-corrected chi connectivity index (χ2v) is 7.99. The Labute approximate surface area is 168 Å². The largest absolute Gasteiger partial charge is 0.346 e. The second kappa shape index (κ2) is 9.80. The van der Waals surface area contributed by atoms with E-state index >= 15 is 0 Å². The molecule has 2 rings (SSSR count). The van der Waals surface area contributed by atoms with Gasteiger partial charge in [-0.2, -0.15) is 0 Å². The van der Waals surface area contributed by atoms with E-state index in [2.05, 4.69) is 20.7 Å². The van der Waals surface area contributed by atoms with Crippen molar-refractivity contribution in [2.75, 3.05) is 23.7 Å². The molecule has 10 heteroatoms. The minimum atomic E-state index is -3.82. The molecule has 0 aliphatic heterocycles. The number of hydrogen-bond donors (Lipinski definition) is 4. The van der Waals surface area contributed by atoms with Crippen LogP contribution in [0.1, 0.15) is 12.5 Å². The Hall–Kier alpha value is -3.24. The van der Waals surface area contributed by atoms with E-state index in [1.807, 2.05) is 6.92 Å². The summed E-state index contributed by atoms with van der Waals surface area (Å²) in [6.07, 6.45) is 0. The average Bonchev–Trinajstić information content (AvgIpc) is 2.65. The molecule has 2 aromatic carbocycles. The molecule has 4 N–H and O–H groups in total. The molecule has 0 heterocycles. The maximum absolute atomic E-state index is 12.1. The molecule has 0 aromatic heterocycles. The maximum Gasteiger partial charge on any atom is 0.243 e. The topological polar surface area (TPSA) is 133 Å².